The lowest BCUT2D eigenvalue weighted by Crippen LogP contribution is -2.69. The maximum absolute atomic E-state index is 16.9. The summed E-state index contributed by atoms with van der Waals surface area (Å²) in [5, 5.41) is 32.0. The largest absolute Gasteiger partial charge is 0.390 e. The third-order valence-corrected chi connectivity index (χ3v) is 9.19. The monoisotopic (exact) mass is 394 g/mol. The standard InChI is InChI=1S/C22H31FO5/c1-12-8-16-15-5-4-13-9-14(25)6-7-19(13,2)21(15,23)17(26)10-20(16,3)22(12,28)18(27)11-24/h9,12,15-17,24,26,28H,4-8,10-11H2,1-3H3/t12-,15+,16-,17-,19-,20-,21+,22-/m0/s1. The van der Waals surface area contributed by atoms with Crippen LogP contribution in [-0.4, -0.2) is 50.9 Å². The number of rotatable bonds is 2. The van der Waals surface area contributed by atoms with Crippen molar-refractivity contribution in [1.29, 1.82) is 0 Å². The van der Waals surface area contributed by atoms with Crippen LogP contribution in [0.4, 0.5) is 4.39 Å². The number of hydrogen-bond acceptors (Lipinski definition) is 5. The lowest BCUT2D eigenvalue weighted by atomic mass is 9.44. The molecule has 0 aromatic heterocycles. The first-order chi connectivity index (χ1) is 13.0. The Labute approximate surface area is 165 Å². The zero-order chi connectivity index (χ0) is 20.7. The first-order valence-corrected chi connectivity index (χ1v) is 10.4. The second-order valence-electron chi connectivity index (χ2n) is 10.1. The highest BCUT2D eigenvalue weighted by molar-refractivity contribution is 5.92. The van der Waals surface area contributed by atoms with Crippen LogP contribution in [0, 0.1) is 28.6 Å². The molecule has 8 atom stereocenters. The van der Waals surface area contributed by atoms with Crippen LogP contribution in [-0.2, 0) is 9.59 Å². The lowest BCUT2D eigenvalue weighted by Gasteiger charge is -2.63. The molecular formula is C22H31FO5. The van der Waals surface area contributed by atoms with E-state index in [1.807, 2.05) is 6.92 Å². The Balaban J connectivity index is 1.83. The third-order valence-electron chi connectivity index (χ3n) is 9.19. The van der Waals surface area contributed by atoms with E-state index in [9.17, 15) is 24.9 Å². The SMILES string of the molecule is C[C@H]1C[C@H]2[C@H]3CCC4=CC(=O)CC[C@]4(C)[C@]3(F)[C@@H](O)C[C@]2(C)[C@@]1(O)C(=O)CO. The summed E-state index contributed by atoms with van der Waals surface area (Å²) in [6.07, 6.45) is 2.41. The predicted molar refractivity (Wildman–Crippen MR) is 100 cm³/mol. The molecule has 156 valence electrons. The van der Waals surface area contributed by atoms with Crippen molar-refractivity contribution in [3.63, 3.8) is 0 Å². The third kappa shape index (κ3) is 2.07. The number of alkyl halides is 1. The fourth-order valence-electron chi connectivity index (χ4n) is 7.62. The van der Waals surface area contributed by atoms with E-state index in [0.717, 1.165) is 5.57 Å². The molecule has 0 heterocycles. The van der Waals surface area contributed by atoms with Crippen molar-refractivity contribution in [3.05, 3.63) is 11.6 Å². The molecule has 0 spiro atoms. The van der Waals surface area contributed by atoms with Crippen molar-refractivity contribution < 1.29 is 29.3 Å². The Bertz CT molecular complexity index is 764. The molecule has 5 nitrogen and oxygen atoms in total. The van der Waals surface area contributed by atoms with Crippen molar-refractivity contribution in [3.8, 4) is 0 Å². The lowest BCUT2D eigenvalue weighted by molar-refractivity contribution is -0.228. The minimum atomic E-state index is -1.89. The summed E-state index contributed by atoms with van der Waals surface area (Å²) in [6, 6.07) is 0. The first-order valence-electron chi connectivity index (χ1n) is 10.4. The molecule has 28 heavy (non-hydrogen) atoms. The highest BCUT2D eigenvalue weighted by Gasteiger charge is 2.75. The summed E-state index contributed by atoms with van der Waals surface area (Å²) in [7, 11) is 0. The maximum Gasteiger partial charge on any atom is 0.190 e. The molecule has 0 unspecified atom stereocenters. The van der Waals surface area contributed by atoms with Gasteiger partial charge in [-0.25, -0.2) is 4.39 Å². The van der Waals surface area contributed by atoms with Crippen LogP contribution in [0.2, 0.25) is 0 Å². The average Bonchev–Trinajstić information content (AvgIpc) is 2.84. The Hall–Kier alpha value is -1.11. The van der Waals surface area contributed by atoms with E-state index >= 15 is 4.39 Å². The van der Waals surface area contributed by atoms with Gasteiger partial charge in [-0.3, -0.25) is 9.59 Å². The van der Waals surface area contributed by atoms with Crippen LogP contribution in [0.25, 0.3) is 0 Å². The maximum atomic E-state index is 16.9. The van der Waals surface area contributed by atoms with Crippen molar-refractivity contribution in [2.45, 2.75) is 76.7 Å². The molecule has 0 amide bonds. The number of ketones is 2. The number of aliphatic hydroxyl groups is 3. The number of carbonyl (C=O) groups excluding carboxylic acids is 2. The smallest absolute Gasteiger partial charge is 0.190 e. The second kappa shape index (κ2) is 5.96. The van der Waals surface area contributed by atoms with Gasteiger partial charge < -0.3 is 15.3 Å². The number of allylic oxidation sites excluding steroid dienone is 1. The summed E-state index contributed by atoms with van der Waals surface area (Å²) < 4.78 is 16.9. The number of halogens is 1. The average molecular weight is 394 g/mol. The zero-order valence-corrected chi connectivity index (χ0v) is 16.9. The molecule has 0 aromatic rings. The van der Waals surface area contributed by atoms with Gasteiger partial charge in [0, 0.05) is 23.2 Å². The Morgan fingerprint density at radius 2 is 1.96 bits per heavy atom. The quantitative estimate of drug-likeness (QED) is 0.667. The second-order valence-corrected chi connectivity index (χ2v) is 10.1. The summed E-state index contributed by atoms with van der Waals surface area (Å²) in [6.45, 7) is 4.61. The molecule has 0 bridgehead atoms. The van der Waals surface area contributed by atoms with Crippen LogP contribution >= 0.6 is 0 Å². The molecule has 4 aliphatic carbocycles. The number of Topliss-reactive ketones (excluding diaryl/α,β-unsaturated/α-hetero) is 1. The van der Waals surface area contributed by atoms with E-state index in [0.29, 0.717) is 25.7 Å². The number of hydrogen-bond donors (Lipinski definition) is 3. The molecule has 3 fully saturated rings. The highest BCUT2D eigenvalue weighted by Crippen LogP contribution is 2.71. The normalized spacial score (nSPS) is 53.1. The highest BCUT2D eigenvalue weighted by atomic mass is 19.1. The topological polar surface area (TPSA) is 94.8 Å². The van der Waals surface area contributed by atoms with Crippen molar-refractivity contribution in [1.82, 2.24) is 0 Å². The van der Waals surface area contributed by atoms with E-state index in [1.165, 1.54) is 0 Å². The molecule has 0 saturated heterocycles. The Morgan fingerprint density at radius 3 is 2.61 bits per heavy atom. The molecular weight excluding hydrogens is 363 g/mol. The molecule has 4 rings (SSSR count). The van der Waals surface area contributed by atoms with Gasteiger partial charge in [0.15, 0.2) is 11.6 Å². The summed E-state index contributed by atoms with van der Waals surface area (Å²) in [5.41, 5.74) is -4.77. The molecule has 0 radical (unpaired) electrons. The molecule has 3 N–H and O–H groups in total. The molecule has 3 saturated carbocycles. The first kappa shape index (κ1) is 20.2. The van der Waals surface area contributed by atoms with Gasteiger partial charge in [-0.05, 0) is 50.0 Å². The number of carbonyl (C=O) groups is 2. The predicted octanol–water partition coefficient (Wildman–Crippen LogP) is 2.12. The van der Waals surface area contributed by atoms with Crippen LogP contribution < -0.4 is 0 Å². The summed E-state index contributed by atoms with van der Waals surface area (Å²) in [4.78, 5) is 24.5. The van der Waals surface area contributed by atoms with Crippen molar-refractivity contribution >= 4 is 11.6 Å². The minimum Gasteiger partial charge on any atom is -0.390 e. The summed E-state index contributed by atoms with van der Waals surface area (Å²) >= 11 is 0. The Morgan fingerprint density at radius 1 is 1.29 bits per heavy atom. The van der Waals surface area contributed by atoms with Gasteiger partial charge in [-0.1, -0.05) is 26.3 Å². The molecule has 6 heteroatoms. The summed E-state index contributed by atoms with van der Waals surface area (Å²) in [5.74, 6) is -1.82. The zero-order valence-electron chi connectivity index (χ0n) is 16.9. The molecule has 4 aliphatic rings. The van der Waals surface area contributed by atoms with Crippen LogP contribution in [0.1, 0.15) is 59.3 Å². The number of aliphatic hydroxyl groups excluding tert-OH is 2. The van der Waals surface area contributed by atoms with Gasteiger partial charge in [0.05, 0.1) is 6.10 Å². The van der Waals surface area contributed by atoms with Gasteiger partial charge in [0.1, 0.15) is 17.9 Å². The minimum absolute atomic E-state index is 0.0158. The van der Waals surface area contributed by atoms with E-state index in [-0.39, 0.29) is 24.5 Å². The van der Waals surface area contributed by atoms with Crippen molar-refractivity contribution in [2.75, 3.05) is 6.61 Å². The number of fused-ring (bicyclic) bond motifs is 5. The molecule has 0 aromatic carbocycles. The van der Waals surface area contributed by atoms with E-state index < -0.39 is 52.4 Å². The van der Waals surface area contributed by atoms with Gasteiger partial charge in [-0.15, -0.1) is 0 Å². The van der Waals surface area contributed by atoms with Gasteiger partial charge in [0.2, 0.25) is 0 Å². The fraction of sp³-hybridized carbons (Fsp3) is 0.818. The van der Waals surface area contributed by atoms with Crippen LogP contribution in [0.15, 0.2) is 11.6 Å². The van der Waals surface area contributed by atoms with Gasteiger partial charge in [0.25, 0.3) is 0 Å². The molecule has 0 aliphatic heterocycles. The van der Waals surface area contributed by atoms with Crippen LogP contribution in [0.3, 0.4) is 0 Å². The van der Waals surface area contributed by atoms with E-state index in [1.54, 1.807) is 19.9 Å². The van der Waals surface area contributed by atoms with E-state index in [4.69, 9.17) is 0 Å². The van der Waals surface area contributed by atoms with E-state index in [2.05, 4.69) is 0 Å². The van der Waals surface area contributed by atoms with Crippen LogP contribution in [0.5, 0.6) is 0 Å². The Kier molecular flexibility index (Phi) is 4.29. The van der Waals surface area contributed by atoms with Gasteiger partial charge >= 0.3 is 0 Å². The van der Waals surface area contributed by atoms with Gasteiger partial charge in [-0.2, -0.15) is 0 Å². The fourth-order valence-corrected chi connectivity index (χ4v) is 7.62. The van der Waals surface area contributed by atoms with Crippen molar-refractivity contribution in [2.24, 2.45) is 28.6 Å².